The second-order valence-electron chi connectivity index (χ2n) is 5.48. The maximum absolute atomic E-state index is 12.6. The van der Waals surface area contributed by atoms with E-state index in [1.54, 1.807) is 43.5 Å². The maximum atomic E-state index is 12.6. The molecule has 5 nitrogen and oxygen atoms in total. The molecule has 6 heteroatoms. The van der Waals surface area contributed by atoms with Gasteiger partial charge in [0.2, 0.25) is 0 Å². The number of nitrogens with zero attached hydrogens (tertiary/aromatic N) is 2. The molecule has 2 aromatic carbocycles. The van der Waals surface area contributed by atoms with Crippen LogP contribution in [0.2, 0.25) is 5.02 Å². The topological polar surface area (TPSA) is 49.6 Å². The number of piperazine rings is 1. The molecule has 2 fully saturated rings. The van der Waals surface area contributed by atoms with E-state index in [1.807, 2.05) is 17.0 Å². The largest absolute Gasteiger partial charge is 0.497 e. The number of anilines is 2. The first kappa shape index (κ1) is 14.1. The summed E-state index contributed by atoms with van der Waals surface area (Å²) in [5.41, 5.74) is 1.41. The van der Waals surface area contributed by atoms with Crippen molar-refractivity contribution in [1.29, 1.82) is 0 Å². The van der Waals surface area contributed by atoms with Crippen LogP contribution in [0, 0.1) is 0 Å². The summed E-state index contributed by atoms with van der Waals surface area (Å²) in [6, 6.07) is 13.2. The molecule has 2 aliphatic heterocycles. The molecule has 0 bridgehead atoms. The van der Waals surface area contributed by atoms with Crippen LogP contribution in [-0.2, 0) is 9.59 Å². The van der Waals surface area contributed by atoms with Gasteiger partial charge in [0.15, 0.2) is 0 Å². The second kappa shape index (κ2) is 4.99. The zero-order valence-corrected chi connectivity index (χ0v) is 13.0. The van der Waals surface area contributed by atoms with E-state index in [0.29, 0.717) is 16.5 Å². The van der Waals surface area contributed by atoms with Crippen LogP contribution in [0.25, 0.3) is 0 Å². The number of carbonyl (C=O) groups excluding carboxylic acids is 2. The van der Waals surface area contributed by atoms with Crippen molar-refractivity contribution < 1.29 is 14.3 Å². The van der Waals surface area contributed by atoms with Gasteiger partial charge in [0.25, 0.3) is 11.8 Å². The molecule has 2 heterocycles. The molecule has 116 valence electrons. The molecule has 2 unspecified atom stereocenters. The molecule has 0 radical (unpaired) electrons. The Bertz CT molecular complexity index is 766. The SMILES string of the molecule is COc1ccc(N2C(=O)C3C(C2=O)N3c2ccc(Cl)cc2)cc1. The number of hydrogen-bond donors (Lipinski definition) is 0. The van der Waals surface area contributed by atoms with Crippen molar-refractivity contribution >= 4 is 34.8 Å². The van der Waals surface area contributed by atoms with Crippen LogP contribution >= 0.6 is 11.6 Å². The molecule has 0 aromatic heterocycles. The predicted molar refractivity (Wildman–Crippen MR) is 87.0 cm³/mol. The van der Waals surface area contributed by atoms with E-state index in [-0.39, 0.29) is 11.8 Å². The molecule has 0 N–H and O–H groups in total. The highest BCUT2D eigenvalue weighted by Crippen LogP contribution is 2.43. The second-order valence-corrected chi connectivity index (χ2v) is 5.92. The number of hydrogen-bond acceptors (Lipinski definition) is 4. The lowest BCUT2D eigenvalue weighted by Gasteiger charge is -2.20. The van der Waals surface area contributed by atoms with E-state index in [2.05, 4.69) is 0 Å². The summed E-state index contributed by atoms with van der Waals surface area (Å²) in [5.74, 6) is 0.293. The van der Waals surface area contributed by atoms with Crippen LogP contribution in [-0.4, -0.2) is 31.0 Å². The first-order valence-electron chi connectivity index (χ1n) is 7.17. The Morgan fingerprint density at radius 1 is 0.870 bits per heavy atom. The zero-order chi connectivity index (χ0) is 16.1. The average Bonchev–Trinajstić information content (AvgIpc) is 3.25. The molecule has 2 aromatic rings. The normalized spacial score (nSPS) is 22.3. The smallest absolute Gasteiger partial charge is 0.259 e. The molecule has 2 atom stereocenters. The summed E-state index contributed by atoms with van der Waals surface area (Å²) < 4.78 is 5.09. The fourth-order valence-electron chi connectivity index (χ4n) is 3.03. The highest BCUT2D eigenvalue weighted by atomic mass is 35.5. The highest BCUT2D eigenvalue weighted by Gasteiger charge is 2.66. The summed E-state index contributed by atoms with van der Waals surface area (Å²) in [6.07, 6.45) is 0. The van der Waals surface area contributed by atoms with Crippen LogP contribution in [0.4, 0.5) is 11.4 Å². The standard InChI is InChI=1S/C17H13ClN2O3/c1-23-13-8-6-12(7-9-13)20-16(21)14-15(17(20)22)19(14)11-4-2-10(18)3-5-11/h2-9,14-15H,1H3. The Balaban J connectivity index is 1.58. The van der Waals surface area contributed by atoms with Gasteiger partial charge in [-0.15, -0.1) is 0 Å². The monoisotopic (exact) mass is 328 g/mol. The van der Waals surface area contributed by atoms with Crippen molar-refractivity contribution in [3.8, 4) is 5.75 Å². The molecule has 4 rings (SSSR count). The lowest BCUT2D eigenvalue weighted by Crippen LogP contribution is -2.38. The van der Waals surface area contributed by atoms with Crippen LogP contribution < -0.4 is 14.5 Å². The van der Waals surface area contributed by atoms with Crippen LogP contribution in [0.1, 0.15) is 0 Å². The third kappa shape index (κ3) is 2.08. The number of amides is 2. The molecular formula is C17H13ClN2O3. The number of ether oxygens (including phenoxy) is 1. The minimum atomic E-state index is -0.411. The predicted octanol–water partition coefficient (Wildman–Crippen LogP) is 2.48. The van der Waals surface area contributed by atoms with Crippen molar-refractivity contribution in [1.82, 2.24) is 0 Å². The fourth-order valence-corrected chi connectivity index (χ4v) is 3.16. The van der Waals surface area contributed by atoms with Crippen molar-refractivity contribution in [3.63, 3.8) is 0 Å². The van der Waals surface area contributed by atoms with Gasteiger partial charge in [-0.05, 0) is 48.5 Å². The number of carbonyl (C=O) groups is 2. The van der Waals surface area contributed by atoms with E-state index in [9.17, 15) is 9.59 Å². The number of halogens is 1. The highest BCUT2D eigenvalue weighted by molar-refractivity contribution is 6.32. The molecule has 0 spiro atoms. The van der Waals surface area contributed by atoms with Crippen LogP contribution in [0.3, 0.4) is 0 Å². The zero-order valence-electron chi connectivity index (χ0n) is 12.3. The number of imide groups is 1. The summed E-state index contributed by atoms with van der Waals surface area (Å²) in [4.78, 5) is 28.2. The Morgan fingerprint density at radius 3 is 1.91 bits per heavy atom. The first-order chi connectivity index (χ1) is 11.1. The summed E-state index contributed by atoms with van der Waals surface area (Å²) in [6.45, 7) is 0. The van der Waals surface area contributed by atoms with Gasteiger partial charge in [0.05, 0.1) is 12.8 Å². The van der Waals surface area contributed by atoms with E-state index in [1.165, 1.54) is 4.90 Å². The molecule has 0 saturated carbocycles. The Hall–Kier alpha value is -2.53. The Kier molecular flexibility index (Phi) is 3.06. The van der Waals surface area contributed by atoms with Crippen LogP contribution in [0.15, 0.2) is 48.5 Å². The summed E-state index contributed by atoms with van der Waals surface area (Å²) >= 11 is 5.87. The van der Waals surface area contributed by atoms with Gasteiger partial charge in [0, 0.05) is 10.7 Å². The lowest BCUT2D eigenvalue weighted by molar-refractivity contribution is -0.122. The van der Waals surface area contributed by atoms with Crippen molar-refractivity contribution in [2.24, 2.45) is 0 Å². The molecule has 2 saturated heterocycles. The molecule has 2 aliphatic rings. The number of rotatable bonds is 3. The van der Waals surface area contributed by atoms with E-state index < -0.39 is 12.1 Å². The Morgan fingerprint density at radius 2 is 1.39 bits per heavy atom. The van der Waals surface area contributed by atoms with Gasteiger partial charge in [-0.3, -0.25) is 9.59 Å². The lowest BCUT2D eigenvalue weighted by atomic mass is 10.2. The van der Waals surface area contributed by atoms with Crippen molar-refractivity contribution in [2.45, 2.75) is 12.1 Å². The molecule has 0 aliphatic carbocycles. The first-order valence-corrected chi connectivity index (χ1v) is 7.55. The minimum absolute atomic E-state index is 0.194. The van der Waals surface area contributed by atoms with Gasteiger partial charge >= 0.3 is 0 Å². The average molecular weight is 329 g/mol. The maximum Gasteiger partial charge on any atom is 0.259 e. The molecule has 23 heavy (non-hydrogen) atoms. The fraction of sp³-hybridized carbons (Fsp3) is 0.176. The van der Waals surface area contributed by atoms with Crippen molar-refractivity contribution in [3.05, 3.63) is 53.6 Å². The van der Waals surface area contributed by atoms with E-state index >= 15 is 0 Å². The number of fused-ring (bicyclic) bond motifs is 1. The summed E-state index contributed by atoms with van der Waals surface area (Å²) in [5, 5.41) is 0.623. The third-order valence-electron chi connectivity index (χ3n) is 4.21. The van der Waals surface area contributed by atoms with Gasteiger partial charge in [-0.25, -0.2) is 4.90 Å². The van der Waals surface area contributed by atoms with Crippen molar-refractivity contribution in [2.75, 3.05) is 16.9 Å². The Labute approximate surface area is 138 Å². The number of benzene rings is 2. The molecular weight excluding hydrogens is 316 g/mol. The minimum Gasteiger partial charge on any atom is -0.497 e. The van der Waals surface area contributed by atoms with E-state index in [0.717, 1.165) is 5.69 Å². The van der Waals surface area contributed by atoms with Gasteiger partial charge in [-0.1, -0.05) is 11.6 Å². The van der Waals surface area contributed by atoms with Gasteiger partial charge in [-0.2, -0.15) is 0 Å². The number of methoxy groups -OCH3 is 1. The van der Waals surface area contributed by atoms with E-state index in [4.69, 9.17) is 16.3 Å². The van der Waals surface area contributed by atoms with Gasteiger partial charge < -0.3 is 9.64 Å². The molecule has 2 amide bonds. The quantitative estimate of drug-likeness (QED) is 0.641. The summed E-state index contributed by atoms with van der Waals surface area (Å²) in [7, 11) is 1.57. The van der Waals surface area contributed by atoms with Crippen LogP contribution in [0.5, 0.6) is 5.75 Å². The third-order valence-corrected chi connectivity index (χ3v) is 4.46. The van der Waals surface area contributed by atoms with Gasteiger partial charge in [0.1, 0.15) is 17.8 Å².